The summed E-state index contributed by atoms with van der Waals surface area (Å²) in [6, 6.07) is 9.07. The molecule has 1 heterocycles. The van der Waals surface area contributed by atoms with E-state index in [0.717, 1.165) is 5.69 Å². The van der Waals surface area contributed by atoms with E-state index in [9.17, 15) is 4.79 Å². The van der Waals surface area contributed by atoms with E-state index in [1.54, 1.807) is 31.5 Å². The molecule has 0 atom stereocenters. The van der Waals surface area contributed by atoms with Crippen molar-refractivity contribution in [2.75, 3.05) is 19.0 Å². The summed E-state index contributed by atoms with van der Waals surface area (Å²) in [5, 5.41) is 5.80. The summed E-state index contributed by atoms with van der Waals surface area (Å²) >= 11 is 0. The fourth-order valence-corrected chi connectivity index (χ4v) is 1.67. The van der Waals surface area contributed by atoms with Crippen molar-refractivity contribution in [3.8, 4) is 5.75 Å². The second kappa shape index (κ2) is 7.20. The molecule has 0 aliphatic carbocycles. The quantitative estimate of drug-likeness (QED) is 0.826. The van der Waals surface area contributed by atoms with Crippen LogP contribution in [0.2, 0.25) is 0 Å². The number of amides is 1. The zero-order chi connectivity index (χ0) is 14.2. The molecular weight excluding hydrogens is 256 g/mol. The summed E-state index contributed by atoms with van der Waals surface area (Å²) in [5.41, 5.74) is 1.49. The van der Waals surface area contributed by atoms with Crippen molar-refractivity contribution in [2.45, 2.75) is 6.54 Å². The topological polar surface area (TPSA) is 76.1 Å². The van der Waals surface area contributed by atoms with Gasteiger partial charge in [0.2, 0.25) is 5.91 Å². The monoisotopic (exact) mass is 272 g/mol. The van der Waals surface area contributed by atoms with Crippen LogP contribution in [-0.4, -0.2) is 29.5 Å². The largest absolute Gasteiger partial charge is 0.495 e. The minimum absolute atomic E-state index is 0.136. The van der Waals surface area contributed by atoms with Crippen molar-refractivity contribution in [3.05, 3.63) is 48.5 Å². The molecule has 2 aromatic rings. The predicted octanol–water partition coefficient (Wildman–Crippen LogP) is 1.21. The fraction of sp³-hybridized carbons (Fsp3) is 0.214. The fourth-order valence-electron chi connectivity index (χ4n) is 1.67. The highest BCUT2D eigenvalue weighted by molar-refractivity contribution is 5.93. The van der Waals surface area contributed by atoms with Crippen LogP contribution in [0.25, 0.3) is 0 Å². The molecule has 0 fully saturated rings. The summed E-state index contributed by atoms with van der Waals surface area (Å²) in [5.74, 6) is 0.500. The number of ether oxygens (including phenoxy) is 1. The van der Waals surface area contributed by atoms with Gasteiger partial charge >= 0.3 is 0 Å². The zero-order valence-electron chi connectivity index (χ0n) is 11.2. The molecule has 20 heavy (non-hydrogen) atoms. The number of nitrogens with zero attached hydrogens (tertiary/aromatic N) is 2. The van der Waals surface area contributed by atoms with E-state index >= 15 is 0 Å². The van der Waals surface area contributed by atoms with Crippen LogP contribution in [0.3, 0.4) is 0 Å². The Balaban J connectivity index is 1.81. The van der Waals surface area contributed by atoms with Crippen LogP contribution in [0.4, 0.5) is 5.69 Å². The van der Waals surface area contributed by atoms with Crippen LogP contribution >= 0.6 is 0 Å². The number of hydrogen-bond acceptors (Lipinski definition) is 5. The van der Waals surface area contributed by atoms with Gasteiger partial charge in [-0.2, -0.15) is 0 Å². The molecule has 0 saturated heterocycles. The van der Waals surface area contributed by atoms with Crippen molar-refractivity contribution in [3.63, 3.8) is 0 Å². The number of carbonyl (C=O) groups is 1. The number of anilines is 1. The Hall–Kier alpha value is -2.47. The van der Waals surface area contributed by atoms with Crippen molar-refractivity contribution in [1.82, 2.24) is 15.3 Å². The van der Waals surface area contributed by atoms with E-state index in [0.29, 0.717) is 18.0 Å². The smallest absolute Gasteiger partial charge is 0.238 e. The van der Waals surface area contributed by atoms with Crippen molar-refractivity contribution >= 4 is 11.6 Å². The lowest BCUT2D eigenvalue weighted by Gasteiger charge is -2.10. The molecular formula is C14H16N4O2. The maximum atomic E-state index is 11.8. The normalized spacial score (nSPS) is 10.1. The van der Waals surface area contributed by atoms with Crippen LogP contribution in [0, 0.1) is 0 Å². The Morgan fingerprint density at radius 3 is 2.90 bits per heavy atom. The Labute approximate surface area is 117 Å². The predicted molar refractivity (Wildman–Crippen MR) is 75.4 cm³/mol. The molecule has 1 aromatic heterocycles. The number of hydrogen-bond donors (Lipinski definition) is 2. The summed E-state index contributed by atoms with van der Waals surface area (Å²) in [6.45, 7) is 0.712. The van der Waals surface area contributed by atoms with E-state index in [1.165, 1.54) is 6.33 Å². The molecule has 0 radical (unpaired) electrons. The van der Waals surface area contributed by atoms with Gasteiger partial charge in [-0.3, -0.25) is 4.79 Å². The van der Waals surface area contributed by atoms with Gasteiger partial charge in [0.1, 0.15) is 12.1 Å². The molecule has 6 heteroatoms. The van der Waals surface area contributed by atoms with Gasteiger partial charge in [0.25, 0.3) is 0 Å². The molecule has 104 valence electrons. The number of methoxy groups -OCH3 is 1. The minimum atomic E-state index is -0.136. The highest BCUT2D eigenvalue weighted by Crippen LogP contribution is 2.22. The van der Waals surface area contributed by atoms with E-state index in [2.05, 4.69) is 20.6 Å². The maximum absolute atomic E-state index is 11.8. The molecule has 1 aromatic carbocycles. The Bertz CT molecular complexity index is 560. The highest BCUT2D eigenvalue weighted by Gasteiger charge is 2.06. The van der Waals surface area contributed by atoms with Crippen LogP contribution in [0.5, 0.6) is 5.75 Å². The summed E-state index contributed by atoms with van der Waals surface area (Å²) < 4.78 is 5.17. The molecule has 1 amide bonds. The molecule has 0 bridgehead atoms. The molecule has 2 N–H and O–H groups in total. The lowest BCUT2D eigenvalue weighted by atomic mass is 10.3. The van der Waals surface area contributed by atoms with Crippen LogP contribution in [-0.2, 0) is 11.3 Å². The number of nitrogens with one attached hydrogen (secondary N) is 2. The van der Waals surface area contributed by atoms with E-state index < -0.39 is 0 Å². The third-order valence-electron chi connectivity index (χ3n) is 2.62. The second-order valence-corrected chi connectivity index (χ2v) is 4.05. The number of rotatable bonds is 6. The van der Waals surface area contributed by atoms with E-state index in [-0.39, 0.29) is 12.5 Å². The lowest BCUT2D eigenvalue weighted by molar-refractivity contribution is -0.115. The van der Waals surface area contributed by atoms with Crippen LogP contribution in [0.1, 0.15) is 5.69 Å². The summed E-state index contributed by atoms with van der Waals surface area (Å²) in [4.78, 5) is 19.7. The first-order valence-corrected chi connectivity index (χ1v) is 6.18. The lowest BCUT2D eigenvalue weighted by Crippen LogP contribution is -2.28. The van der Waals surface area contributed by atoms with Gasteiger partial charge in [-0.25, -0.2) is 9.97 Å². The average molecular weight is 272 g/mol. The number of aromatic nitrogens is 2. The molecule has 6 nitrogen and oxygen atoms in total. The molecule has 0 spiro atoms. The first-order chi connectivity index (χ1) is 9.79. The van der Waals surface area contributed by atoms with Gasteiger partial charge in [-0.1, -0.05) is 12.1 Å². The third kappa shape index (κ3) is 4.03. The number of benzene rings is 1. The van der Waals surface area contributed by atoms with Gasteiger partial charge in [-0.05, 0) is 18.2 Å². The van der Waals surface area contributed by atoms with Crippen molar-refractivity contribution in [2.24, 2.45) is 0 Å². The van der Waals surface area contributed by atoms with Gasteiger partial charge < -0.3 is 15.4 Å². The zero-order valence-corrected chi connectivity index (χ0v) is 11.2. The third-order valence-corrected chi connectivity index (χ3v) is 2.62. The van der Waals surface area contributed by atoms with Gasteiger partial charge in [0, 0.05) is 12.7 Å². The SMILES string of the molecule is COc1ccccc1NC(=O)CNCc1ccncn1. The van der Waals surface area contributed by atoms with Gasteiger partial charge in [-0.15, -0.1) is 0 Å². The minimum Gasteiger partial charge on any atom is -0.495 e. The Morgan fingerprint density at radius 2 is 2.15 bits per heavy atom. The molecule has 0 aliphatic rings. The molecule has 2 rings (SSSR count). The van der Waals surface area contributed by atoms with Crippen LogP contribution < -0.4 is 15.4 Å². The molecule has 0 saturated carbocycles. The summed E-state index contributed by atoms with van der Waals surface area (Å²) in [7, 11) is 1.57. The highest BCUT2D eigenvalue weighted by atomic mass is 16.5. The second-order valence-electron chi connectivity index (χ2n) is 4.05. The average Bonchev–Trinajstić information content (AvgIpc) is 2.49. The van der Waals surface area contributed by atoms with Gasteiger partial charge in [0.15, 0.2) is 0 Å². The Morgan fingerprint density at radius 1 is 1.30 bits per heavy atom. The number of para-hydroxylation sites is 2. The maximum Gasteiger partial charge on any atom is 0.238 e. The van der Waals surface area contributed by atoms with E-state index in [1.807, 2.05) is 12.1 Å². The van der Waals surface area contributed by atoms with Gasteiger partial charge in [0.05, 0.1) is 25.0 Å². The first-order valence-electron chi connectivity index (χ1n) is 6.18. The van der Waals surface area contributed by atoms with Crippen molar-refractivity contribution < 1.29 is 9.53 Å². The number of carbonyl (C=O) groups excluding carboxylic acids is 1. The standard InChI is InChI=1S/C14H16N4O2/c1-20-13-5-3-2-4-12(13)18-14(19)9-16-8-11-6-7-15-10-17-11/h2-7,10,16H,8-9H2,1H3,(H,18,19). The molecule has 0 unspecified atom stereocenters. The molecule has 0 aliphatic heterocycles. The van der Waals surface area contributed by atoms with Crippen molar-refractivity contribution in [1.29, 1.82) is 0 Å². The Kier molecular flexibility index (Phi) is 5.02. The van der Waals surface area contributed by atoms with Crippen LogP contribution in [0.15, 0.2) is 42.9 Å². The van der Waals surface area contributed by atoms with E-state index in [4.69, 9.17) is 4.74 Å². The summed E-state index contributed by atoms with van der Waals surface area (Å²) in [6.07, 6.45) is 3.14. The first kappa shape index (κ1) is 14.0.